The van der Waals surface area contributed by atoms with Gasteiger partial charge in [0.1, 0.15) is 17.3 Å². The quantitative estimate of drug-likeness (QED) is 0.446. The van der Waals surface area contributed by atoms with Crippen LogP contribution in [0.2, 0.25) is 0 Å². The first-order valence-corrected chi connectivity index (χ1v) is 9.76. The van der Waals surface area contributed by atoms with Crippen LogP contribution in [-0.4, -0.2) is 41.2 Å². The highest BCUT2D eigenvalue weighted by atomic mass is 19.4. The highest BCUT2D eigenvalue weighted by Crippen LogP contribution is 2.29. The molecule has 7 nitrogen and oxygen atoms in total. The van der Waals surface area contributed by atoms with Crippen LogP contribution in [0.3, 0.4) is 0 Å². The number of rotatable bonds is 9. The van der Waals surface area contributed by atoms with Gasteiger partial charge in [0.25, 0.3) is 0 Å². The standard InChI is InChI=1S/C22H23F3N4O3/c1-14(13-30)27-21-28-18(15-7-5-8-17(10-15)32-22(23,24)25)11-20(29-21)26-12-16-6-3-4-9-19(16)31-2/h3-11,14,30H,12-13H2,1-2H3,(H2,26,27,28,29)/t14-/m1/s1. The monoisotopic (exact) mass is 448 g/mol. The minimum absolute atomic E-state index is 0.146. The van der Waals surface area contributed by atoms with E-state index in [2.05, 4.69) is 25.3 Å². The molecular weight excluding hydrogens is 425 g/mol. The van der Waals surface area contributed by atoms with Crippen molar-refractivity contribution in [2.24, 2.45) is 0 Å². The molecule has 0 saturated heterocycles. The summed E-state index contributed by atoms with van der Waals surface area (Å²) in [5.41, 5.74) is 1.69. The number of nitrogens with zero attached hydrogens (tertiary/aromatic N) is 2. The number of aliphatic hydroxyl groups is 1. The highest BCUT2D eigenvalue weighted by molar-refractivity contribution is 5.66. The van der Waals surface area contributed by atoms with Crippen molar-refractivity contribution in [3.8, 4) is 22.8 Å². The minimum Gasteiger partial charge on any atom is -0.496 e. The second-order valence-corrected chi connectivity index (χ2v) is 6.93. The van der Waals surface area contributed by atoms with Gasteiger partial charge in [-0.25, -0.2) is 4.98 Å². The summed E-state index contributed by atoms with van der Waals surface area (Å²) in [7, 11) is 1.58. The van der Waals surface area contributed by atoms with Gasteiger partial charge >= 0.3 is 6.36 Å². The Hall–Kier alpha value is -3.53. The number of aliphatic hydroxyl groups excluding tert-OH is 1. The van der Waals surface area contributed by atoms with Gasteiger partial charge in [-0.15, -0.1) is 13.2 Å². The summed E-state index contributed by atoms with van der Waals surface area (Å²) >= 11 is 0. The maximum absolute atomic E-state index is 12.6. The van der Waals surface area contributed by atoms with Crippen LogP contribution in [0.1, 0.15) is 12.5 Å². The van der Waals surface area contributed by atoms with Gasteiger partial charge in [0, 0.05) is 29.8 Å². The first-order valence-electron chi connectivity index (χ1n) is 9.76. The Bertz CT molecular complexity index is 1050. The molecule has 0 saturated carbocycles. The zero-order valence-corrected chi connectivity index (χ0v) is 17.5. The summed E-state index contributed by atoms with van der Waals surface area (Å²) in [6, 6.07) is 14.3. The molecule has 0 aliphatic heterocycles. The van der Waals surface area contributed by atoms with Gasteiger partial charge in [-0.1, -0.05) is 30.3 Å². The number of aromatic nitrogens is 2. The first-order chi connectivity index (χ1) is 15.3. The van der Waals surface area contributed by atoms with Crippen LogP contribution >= 0.6 is 0 Å². The summed E-state index contributed by atoms with van der Waals surface area (Å²) in [6.07, 6.45) is -4.80. The van der Waals surface area contributed by atoms with Crippen molar-refractivity contribution in [2.45, 2.75) is 25.9 Å². The summed E-state index contributed by atoms with van der Waals surface area (Å²) in [6.45, 7) is 1.99. The Morgan fingerprint density at radius 3 is 2.56 bits per heavy atom. The fourth-order valence-electron chi connectivity index (χ4n) is 2.90. The smallest absolute Gasteiger partial charge is 0.496 e. The summed E-state index contributed by atoms with van der Waals surface area (Å²) in [4.78, 5) is 8.79. The van der Waals surface area contributed by atoms with Gasteiger partial charge in [0.05, 0.1) is 19.4 Å². The lowest BCUT2D eigenvalue weighted by molar-refractivity contribution is -0.274. The van der Waals surface area contributed by atoms with Crippen LogP contribution in [0.15, 0.2) is 54.6 Å². The number of anilines is 2. The molecule has 0 bridgehead atoms. The predicted octanol–water partition coefficient (Wildman–Crippen LogP) is 4.46. The van der Waals surface area contributed by atoms with Gasteiger partial charge in [-0.3, -0.25) is 0 Å². The summed E-state index contributed by atoms with van der Waals surface area (Å²) in [5.74, 6) is 1.01. The van der Waals surface area contributed by atoms with Crippen molar-refractivity contribution < 1.29 is 27.8 Å². The minimum atomic E-state index is -4.80. The van der Waals surface area contributed by atoms with Crippen LogP contribution in [-0.2, 0) is 6.54 Å². The molecule has 170 valence electrons. The molecule has 0 aliphatic carbocycles. The average molecular weight is 448 g/mol. The van der Waals surface area contributed by atoms with Crippen molar-refractivity contribution in [3.05, 3.63) is 60.2 Å². The van der Waals surface area contributed by atoms with Gasteiger partial charge in [0.15, 0.2) is 0 Å². The van der Waals surface area contributed by atoms with E-state index < -0.39 is 6.36 Å². The maximum Gasteiger partial charge on any atom is 0.573 e. The molecule has 2 aromatic carbocycles. The van der Waals surface area contributed by atoms with Gasteiger partial charge < -0.3 is 25.2 Å². The van der Waals surface area contributed by atoms with Crippen LogP contribution in [0.4, 0.5) is 24.9 Å². The van der Waals surface area contributed by atoms with E-state index in [0.29, 0.717) is 29.4 Å². The first kappa shape index (κ1) is 23.1. The van der Waals surface area contributed by atoms with Crippen molar-refractivity contribution in [1.82, 2.24) is 9.97 Å². The number of alkyl halides is 3. The number of hydrogen-bond acceptors (Lipinski definition) is 7. The molecule has 0 radical (unpaired) electrons. The van der Waals surface area contributed by atoms with E-state index in [-0.39, 0.29) is 24.3 Å². The van der Waals surface area contributed by atoms with E-state index in [1.54, 1.807) is 26.2 Å². The van der Waals surface area contributed by atoms with E-state index in [0.717, 1.165) is 5.56 Å². The zero-order chi connectivity index (χ0) is 23.1. The van der Waals surface area contributed by atoms with Crippen LogP contribution in [0.25, 0.3) is 11.3 Å². The van der Waals surface area contributed by atoms with Crippen molar-refractivity contribution in [3.63, 3.8) is 0 Å². The summed E-state index contributed by atoms with van der Waals surface area (Å²) in [5, 5.41) is 15.5. The van der Waals surface area contributed by atoms with E-state index in [1.165, 1.54) is 18.2 Å². The molecule has 3 rings (SSSR count). The molecule has 3 N–H and O–H groups in total. The van der Waals surface area contributed by atoms with E-state index >= 15 is 0 Å². The predicted molar refractivity (Wildman–Crippen MR) is 115 cm³/mol. The number of para-hydroxylation sites is 1. The SMILES string of the molecule is COc1ccccc1CNc1cc(-c2cccc(OC(F)(F)F)c2)nc(N[C@H](C)CO)n1. The zero-order valence-electron chi connectivity index (χ0n) is 17.5. The Kier molecular flexibility index (Phi) is 7.37. The third-order valence-corrected chi connectivity index (χ3v) is 4.39. The molecule has 3 aromatic rings. The molecule has 0 aliphatic rings. The fourth-order valence-corrected chi connectivity index (χ4v) is 2.90. The maximum atomic E-state index is 12.6. The van der Waals surface area contributed by atoms with Gasteiger partial charge in [-0.05, 0) is 25.1 Å². The molecule has 0 spiro atoms. The van der Waals surface area contributed by atoms with E-state index in [9.17, 15) is 18.3 Å². The molecule has 0 fully saturated rings. The fraction of sp³-hybridized carbons (Fsp3) is 0.273. The van der Waals surface area contributed by atoms with Crippen molar-refractivity contribution in [1.29, 1.82) is 0 Å². The Balaban J connectivity index is 1.92. The molecule has 1 aromatic heterocycles. The number of benzene rings is 2. The average Bonchev–Trinajstić information content (AvgIpc) is 2.76. The number of halogens is 3. The Morgan fingerprint density at radius 1 is 1.06 bits per heavy atom. The second kappa shape index (κ2) is 10.2. The lowest BCUT2D eigenvalue weighted by atomic mass is 10.1. The van der Waals surface area contributed by atoms with E-state index in [1.807, 2.05) is 24.3 Å². The third-order valence-electron chi connectivity index (χ3n) is 4.39. The second-order valence-electron chi connectivity index (χ2n) is 6.93. The van der Waals surface area contributed by atoms with Crippen molar-refractivity contribution >= 4 is 11.8 Å². The van der Waals surface area contributed by atoms with Gasteiger partial charge in [0.2, 0.25) is 5.95 Å². The summed E-state index contributed by atoms with van der Waals surface area (Å²) < 4.78 is 47.2. The van der Waals surface area contributed by atoms with Gasteiger partial charge in [-0.2, -0.15) is 4.98 Å². The lowest BCUT2D eigenvalue weighted by Crippen LogP contribution is -2.21. The van der Waals surface area contributed by atoms with Crippen LogP contribution < -0.4 is 20.1 Å². The number of methoxy groups -OCH3 is 1. The molecule has 10 heteroatoms. The Labute approximate surface area is 183 Å². The lowest BCUT2D eigenvalue weighted by Gasteiger charge is -2.15. The molecule has 0 amide bonds. The normalized spacial score (nSPS) is 12.2. The van der Waals surface area contributed by atoms with E-state index in [4.69, 9.17) is 4.74 Å². The van der Waals surface area contributed by atoms with Crippen molar-refractivity contribution in [2.75, 3.05) is 24.4 Å². The molecule has 1 atom stereocenters. The number of hydrogen-bond donors (Lipinski definition) is 3. The third kappa shape index (κ3) is 6.48. The number of ether oxygens (including phenoxy) is 2. The van der Waals surface area contributed by atoms with Crippen LogP contribution in [0.5, 0.6) is 11.5 Å². The van der Waals surface area contributed by atoms with Crippen LogP contribution in [0, 0.1) is 0 Å². The molecule has 0 unspecified atom stereocenters. The topological polar surface area (TPSA) is 88.5 Å². The number of nitrogens with one attached hydrogen (secondary N) is 2. The highest BCUT2D eigenvalue weighted by Gasteiger charge is 2.31. The molecule has 1 heterocycles. The largest absolute Gasteiger partial charge is 0.573 e. The Morgan fingerprint density at radius 2 is 1.84 bits per heavy atom. The molecule has 32 heavy (non-hydrogen) atoms. The molecular formula is C22H23F3N4O3.